The summed E-state index contributed by atoms with van der Waals surface area (Å²) >= 11 is 0. The third-order valence-electron chi connectivity index (χ3n) is 10.3. The highest BCUT2D eigenvalue weighted by Crippen LogP contribution is 2.39. The lowest BCUT2D eigenvalue weighted by Gasteiger charge is -2.35. The van der Waals surface area contributed by atoms with Crippen molar-refractivity contribution in [3.05, 3.63) is 161 Å². The Morgan fingerprint density at radius 2 is 1.13 bits per heavy atom. The van der Waals surface area contributed by atoms with E-state index in [1.54, 1.807) is 36.4 Å². The van der Waals surface area contributed by atoms with Gasteiger partial charge in [0.1, 0.15) is 28.6 Å². The summed E-state index contributed by atoms with van der Waals surface area (Å²) in [5.74, 6) is 0.165. The summed E-state index contributed by atoms with van der Waals surface area (Å²) in [7, 11) is 2.00. The van der Waals surface area contributed by atoms with Gasteiger partial charge < -0.3 is 20.3 Å². The van der Waals surface area contributed by atoms with Crippen LogP contribution in [0.1, 0.15) is 18.1 Å². The first-order valence-electron chi connectivity index (χ1n) is 17.5. The molecule has 9 heteroatoms. The van der Waals surface area contributed by atoms with E-state index in [-0.39, 0.29) is 17.2 Å². The first-order valence-corrected chi connectivity index (χ1v) is 17.5. The second-order valence-electron chi connectivity index (χ2n) is 13.6. The minimum Gasteiger partial charge on any atom is -0.508 e. The minimum atomic E-state index is -0.666. The largest absolute Gasteiger partial charge is 0.508 e. The van der Waals surface area contributed by atoms with Crippen LogP contribution < -0.4 is 15.6 Å². The van der Waals surface area contributed by atoms with E-state index in [9.17, 15) is 15.3 Å². The molecule has 262 valence electrons. The molecule has 0 fully saturated rings. The summed E-state index contributed by atoms with van der Waals surface area (Å²) in [4.78, 5) is 0. The SMILES string of the molecule is CN1n2c(/c(=C\c3ccc(N=Nc4cccc5ccccc45)c(O)c3)c3cc(O)ccc32)=CC1(C)c1ccc(N=Nc2cccc3ccccc23)c(O)c1. The Labute approximate surface area is 310 Å². The van der Waals surface area contributed by atoms with Crippen molar-refractivity contribution in [1.29, 1.82) is 0 Å². The Hall–Kier alpha value is -7.26. The molecule has 0 amide bonds. The molecule has 0 spiro atoms. The molecule has 0 saturated heterocycles. The Bertz CT molecular complexity index is 2980. The van der Waals surface area contributed by atoms with Gasteiger partial charge in [-0.3, -0.25) is 4.68 Å². The number of phenols is 3. The average Bonchev–Trinajstić information content (AvgIpc) is 3.62. The van der Waals surface area contributed by atoms with Gasteiger partial charge in [-0.1, -0.05) is 84.9 Å². The fourth-order valence-electron chi connectivity index (χ4n) is 7.37. The summed E-state index contributed by atoms with van der Waals surface area (Å²) in [6.45, 7) is 2.09. The fourth-order valence-corrected chi connectivity index (χ4v) is 7.37. The number of hydrogen-bond acceptors (Lipinski definition) is 8. The molecule has 1 aliphatic heterocycles. The molecular formula is C45H34N6O3. The Morgan fingerprint density at radius 3 is 1.76 bits per heavy atom. The van der Waals surface area contributed by atoms with Crippen molar-refractivity contribution < 1.29 is 15.3 Å². The number of nitrogens with zero attached hydrogens (tertiary/aromatic N) is 6. The van der Waals surface area contributed by atoms with E-state index in [1.165, 1.54) is 0 Å². The van der Waals surface area contributed by atoms with Gasteiger partial charge in [0.15, 0.2) is 0 Å². The molecule has 1 aromatic heterocycles. The van der Waals surface area contributed by atoms with Gasteiger partial charge in [-0.15, -0.1) is 20.5 Å². The van der Waals surface area contributed by atoms with Crippen molar-refractivity contribution in [2.45, 2.75) is 12.5 Å². The lowest BCUT2D eigenvalue weighted by Crippen LogP contribution is -2.44. The highest BCUT2D eigenvalue weighted by Gasteiger charge is 2.36. The summed E-state index contributed by atoms with van der Waals surface area (Å²) < 4.78 is 2.11. The Kier molecular flexibility index (Phi) is 7.71. The first kappa shape index (κ1) is 32.6. The van der Waals surface area contributed by atoms with Crippen molar-refractivity contribution in [3.8, 4) is 17.2 Å². The smallest absolute Gasteiger partial charge is 0.143 e. The number of benzene rings is 7. The van der Waals surface area contributed by atoms with Crippen LogP contribution in [0, 0.1) is 0 Å². The molecule has 9 rings (SSSR count). The molecule has 0 aliphatic carbocycles. The number of rotatable bonds is 6. The molecule has 0 radical (unpaired) electrons. The summed E-state index contributed by atoms with van der Waals surface area (Å²) in [6.07, 6.45) is 4.14. The number of fused-ring (bicyclic) bond motifs is 5. The predicted molar refractivity (Wildman–Crippen MR) is 215 cm³/mol. The van der Waals surface area contributed by atoms with Gasteiger partial charge in [0, 0.05) is 28.4 Å². The van der Waals surface area contributed by atoms with Crippen LogP contribution in [0.5, 0.6) is 17.2 Å². The number of hydrogen-bond donors (Lipinski definition) is 3. The molecule has 7 aromatic carbocycles. The van der Waals surface area contributed by atoms with Crippen molar-refractivity contribution in [2.24, 2.45) is 20.5 Å². The molecule has 8 aromatic rings. The van der Waals surface area contributed by atoms with Crippen molar-refractivity contribution >= 4 is 67.3 Å². The number of aromatic hydroxyl groups is 3. The van der Waals surface area contributed by atoms with Crippen LogP contribution in [-0.2, 0) is 5.54 Å². The van der Waals surface area contributed by atoms with E-state index in [1.807, 2.05) is 116 Å². The van der Waals surface area contributed by atoms with E-state index in [0.29, 0.717) is 11.4 Å². The molecule has 3 N–H and O–H groups in total. The van der Waals surface area contributed by atoms with Crippen LogP contribution in [0.4, 0.5) is 22.7 Å². The molecule has 0 saturated carbocycles. The summed E-state index contributed by atoms with van der Waals surface area (Å²) in [5, 5.41) is 59.3. The molecule has 1 unspecified atom stereocenters. The van der Waals surface area contributed by atoms with Crippen molar-refractivity contribution in [3.63, 3.8) is 0 Å². The number of azo groups is 2. The topological polar surface area (TPSA) is 118 Å². The minimum absolute atomic E-state index is 0.00477. The quantitative estimate of drug-likeness (QED) is 0.149. The van der Waals surface area contributed by atoms with Crippen LogP contribution in [0.2, 0.25) is 0 Å². The van der Waals surface area contributed by atoms with Crippen molar-refractivity contribution in [1.82, 2.24) is 4.68 Å². The maximum atomic E-state index is 11.2. The second kappa shape index (κ2) is 12.8. The van der Waals surface area contributed by atoms with Crippen LogP contribution in [-0.4, -0.2) is 27.0 Å². The second-order valence-corrected chi connectivity index (χ2v) is 13.6. The molecule has 1 atom stereocenters. The Morgan fingerprint density at radius 1 is 0.556 bits per heavy atom. The molecule has 1 aliphatic rings. The van der Waals surface area contributed by atoms with E-state index in [4.69, 9.17) is 0 Å². The van der Waals surface area contributed by atoms with Gasteiger partial charge in [0.2, 0.25) is 0 Å². The monoisotopic (exact) mass is 706 g/mol. The third-order valence-corrected chi connectivity index (χ3v) is 10.3. The summed E-state index contributed by atoms with van der Waals surface area (Å²) in [6, 6.07) is 43.8. The molecule has 9 nitrogen and oxygen atoms in total. The van der Waals surface area contributed by atoms with Crippen LogP contribution in [0.25, 0.3) is 44.6 Å². The van der Waals surface area contributed by atoms with Crippen LogP contribution >= 0.6 is 0 Å². The van der Waals surface area contributed by atoms with Crippen LogP contribution in [0.3, 0.4) is 0 Å². The zero-order chi connectivity index (χ0) is 37.0. The van der Waals surface area contributed by atoms with E-state index >= 15 is 0 Å². The van der Waals surface area contributed by atoms with Gasteiger partial charge in [-0.25, -0.2) is 0 Å². The standard InChI is InChI=1S/C45H34N6O3/c1-45(31-18-21-40(44(54)25-31)49-47-38-16-8-12-30-10-4-6-14-34(30)38)27-42-35(36-26-32(52)19-22-41(36)51(42)50(45)2)23-28-17-20-39(43(53)24-28)48-46-37-15-7-11-29-9-3-5-13-33(29)37/h3-27,52-54H,1-2H3/b35-23-,48-46?,49-47?. The fraction of sp³-hybridized carbons (Fsp3) is 0.0667. The van der Waals surface area contributed by atoms with Crippen LogP contribution in [0.15, 0.2) is 160 Å². The van der Waals surface area contributed by atoms with Gasteiger partial charge in [0.25, 0.3) is 0 Å². The highest BCUT2D eigenvalue weighted by atomic mass is 16.3. The lowest BCUT2D eigenvalue weighted by molar-refractivity contribution is 0.469. The molecule has 2 heterocycles. The van der Waals surface area contributed by atoms with Gasteiger partial charge in [-0.2, -0.15) is 0 Å². The zero-order valence-electron chi connectivity index (χ0n) is 29.5. The number of phenolic OH excluding ortho intramolecular Hbond substituents is 3. The van der Waals surface area contributed by atoms with Gasteiger partial charge >= 0.3 is 0 Å². The maximum absolute atomic E-state index is 11.2. The van der Waals surface area contributed by atoms with Gasteiger partial charge in [0.05, 0.1) is 27.8 Å². The van der Waals surface area contributed by atoms with E-state index < -0.39 is 5.54 Å². The van der Waals surface area contributed by atoms with E-state index in [2.05, 4.69) is 43.1 Å². The lowest BCUT2D eigenvalue weighted by atomic mass is 9.91. The molecule has 54 heavy (non-hydrogen) atoms. The highest BCUT2D eigenvalue weighted by molar-refractivity contribution is 5.93. The maximum Gasteiger partial charge on any atom is 0.143 e. The molecule has 0 bridgehead atoms. The Balaban J connectivity index is 1.08. The van der Waals surface area contributed by atoms with E-state index in [0.717, 1.165) is 65.5 Å². The van der Waals surface area contributed by atoms with Gasteiger partial charge in [-0.05, 0) is 95.6 Å². The zero-order valence-corrected chi connectivity index (χ0v) is 29.5. The first-order chi connectivity index (χ1) is 26.3. The number of aromatic nitrogens is 1. The molecular weight excluding hydrogens is 673 g/mol. The van der Waals surface area contributed by atoms with Crippen molar-refractivity contribution in [2.75, 3.05) is 12.1 Å². The third kappa shape index (κ3) is 5.50. The average molecular weight is 707 g/mol. The predicted octanol–water partition coefficient (Wildman–Crippen LogP) is 10.0. The normalized spacial score (nSPS) is 16.0. The summed E-state index contributed by atoms with van der Waals surface area (Å²) in [5.41, 5.74) is 3.99.